The molecule has 4 nitrogen and oxygen atoms in total. The fraction of sp³-hybridized carbons (Fsp3) is 0.188. The van der Waals surface area contributed by atoms with Crippen LogP contribution >= 0.6 is 0 Å². The van der Waals surface area contributed by atoms with Crippen molar-refractivity contribution < 1.29 is 14.6 Å². The molecule has 2 aromatic rings. The van der Waals surface area contributed by atoms with Crippen molar-refractivity contribution in [3.63, 3.8) is 0 Å². The number of hydrogen-bond acceptors (Lipinski definition) is 3. The van der Waals surface area contributed by atoms with Crippen LogP contribution in [0.1, 0.15) is 5.56 Å². The van der Waals surface area contributed by atoms with Crippen LogP contribution in [-0.2, 0) is 16.1 Å². The number of phenols is 1. The van der Waals surface area contributed by atoms with Crippen molar-refractivity contribution in [2.45, 2.75) is 6.61 Å². The van der Waals surface area contributed by atoms with Gasteiger partial charge in [0.25, 0.3) is 5.91 Å². The number of hydrogen-bond donors (Lipinski definition) is 1. The second-order valence-electron chi connectivity index (χ2n) is 4.80. The van der Waals surface area contributed by atoms with E-state index in [0.717, 1.165) is 22.4 Å². The van der Waals surface area contributed by atoms with Crippen LogP contribution in [0.5, 0.6) is 5.75 Å². The van der Waals surface area contributed by atoms with Crippen molar-refractivity contribution in [3.8, 4) is 16.9 Å². The van der Waals surface area contributed by atoms with E-state index in [1.807, 2.05) is 24.3 Å². The topological polar surface area (TPSA) is 49.8 Å². The van der Waals surface area contributed by atoms with Gasteiger partial charge < -0.3 is 14.7 Å². The van der Waals surface area contributed by atoms with Crippen LogP contribution in [0.4, 0.5) is 5.69 Å². The van der Waals surface area contributed by atoms with E-state index in [1.54, 1.807) is 30.1 Å². The predicted octanol–water partition coefficient (Wildman–Crippen LogP) is 2.55. The van der Waals surface area contributed by atoms with Crippen LogP contribution in [-0.4, -0.2) is 24.7 Å². The number of rotatable bonds is 1. The highest BCUT2D eigenvalue weighted by Gasteiger charge is 2.21. The van der Waals surface area contributed by atoms with Crippen LogP contribution < -0.4 is 4.90 Å². The molecule has 1 aliphatic heterocycles. The molecule has 0 spiro atoms. The molecule has 1 amide bonds. The van der Waals surface area contributed by atoms with Crippen LogP contribution in [0.3, 0.4) is 0 Å². The van der Waals surface area contributed by atoms with Crippen LogP contribution in [0, 0.1) is 0 Å². The molecule has 0 atom stereocenters. The first kappa shape index (κ1) is 12.7. The molecule has 4 heteroatoms. The predicted molar refractivity (Wildman–Crippen MR) is 76.6 cm³/mol. The van der Waals surface area contributed by atoms with Gasteiger partial charge in [-0.2, -0.15) is 0 Å². The highest BCUT2D eigenvalue weighted by Crippen LogP contribution is 2.34. The molecule has 1 aliphatic rings. The molecule has 0 fully saturated rings. The zero-order chi connectivity index (χ0) is 14.1. The van der Waals surface area contributed by atoms with E-state index in [0.29, 0.717) is 6.61 Å². The average Bonchev–Trinajstić information content (AvgIpc) is 2.59. The summed E-state index contributed by atoms with van der Waals surface area (Å²) in [6.45, 7) is 0.474. The minimum absolute atomic E-state index is 0.0585. The SMILES string of the molecule is CN1C(=O)COCc2c(-c3cccc(O)c3)cccc21. The molecular formula is C16H15NO3. The summed E-state index contributed by atoms with van der Waals surface area (Å²) in [7, 11) is 1.75. The van der Waals surface area contributed by atoms with Crippen molar-refractivity contribution in [2.24, 2.45) is 0 Å². The minimum atomic E-state index is -0.0585. The third-order valence-electron chi connectivity index (χ3n) is 3.52. The van der Waals surface area contributed by atoms with Gasteiger partial charge in [-0.05, 0) is 29.3 Å². The van der Waals surface area contributed by atoms with Crippen LogP contribution in [0.25, 0.3) is 11.1 Å². The average molecular weight is 269 g/mol. The number of likely N-dealkylation sites (N-methyl/N-ethyl adjacent to an activating group) is 1. The van der Waals surface area contributed by atoms with Crippen LogP contribution in [0.15, 0.2) is 42.5 Å². The lowest BCUT2D eigenvalue weighted by atomic mass is 9.98. The maximum absolute atomic E-state index is 11.8. The molecule has 0 radical (unpaired) electrons. The second-order valence-corrected chi connectivity index (χ2v) is 4.80. The van der Waals surface area contributed by atoms with E-state index in [1.165, 1.54) is 0 Å². The van der Waals surface area contributed by atoms with Gasteiger partial charge in [0.1, 0.15) is 12.4 Å². The second kappa shape index (κ2) is 4.98. The number of fused-ring (bicyclic) bond motifs is 1. The number of carbonyl (C=O) groups is 1. The van der Waals surface area contributed by atoms with Crippen molar-refractivity contribution in [3.05, 3.63) is 48.0 Å². The molecular weight excluding hydrogens is 254 g/mol. The Morgan fingerprint density at radius 2 is 1.95 bits per heavy atom. The molecule has 0 aromatic heterocycles. The lowest BCUT2D eigenvalue weighted by Gasteiger charge is -2.18. The zero-order valence-electron chi connectivity index (χ0n) is 11.2. The summed E-state index contributed by atoms with van der Waals surface area (Å²) in [5.74, 6) is 0.163. The first-order valence-corrected chi connectivity index (χ1v) is 6.42. The first-order valence-electron chi connectivity index (χ1n) is 6.42. The maximum Gasteiger partial charge on any atom is 0.252 e. The summed E-state index contributed by atoms with van der Waals surface area (Å²) < 4.78 is 5.44. The van der Waals surface area contributed by atoms with Crippen molar-refractivity contribution in [2.75, 3.05) is 18.6 Å². The fourth-order valence-electron chi connectivity index (χ4n) is 2.46. The largest absolute Gasteiger partial charge is 0.508 e. The number of carbonyl (C=O) groups excluding carboxylic acids is 1. The van der Waals surface area contributed by atoms with E-state index < -0.39 is 0 Å². The molecule has 2 aromatic carbocycles. The molecule has 0 saturated heterocycles. The van der Waals surface area contributed by atoms with Gasteiger partial charge in [0.05, 0.1) is 6.61 Å². The molecule has 0 bridgehead atoms. The van der Waals surface area contributed by atoms with Gasteiger partial charge in [0.2, 0.25) is 0 Å². The van der Waals surface area contributed by atoms with Gasteiger partial charge >= 0.3 is 0 Å². The monoisotopic (exact) mass is 269 g/mol. The summed E-state index contributed by atoms with van der Waals surface area (Å²) in [4.78, 5) is 13.5. The Morgan fingerprint density at radius 1 is 1.15 bits per heavy atom. The first-order chi connectivity index (χ1) is 9.66. The van der Waals surface area contributed by atoms with Crippen molar-refractivity contribution >= 4 is 11.6 Å². The minimum Gasteiger partial charge on any atom is -0.508 e. The lowest BCUT2D eigenvalue weighted by molar-refractivity contribution is -0.122. The molecule has 20 heavy (non-hydrogen) atoms. The Labute approximate surface area is 117 Å². The summed E-state index contributed by atoms with van der Waals surface area (Å²) in [6.07, 6.45) is 0. The normalized spacial score (nSPS) is 14.8. The zero-order valence-corrected chi connectivity index (χ0v) is 11.2. The summed E-state index contributed by atoms with van der Waals surface area (Å²) in [6, 6.07) is 12.9. The molecule has 102 valence electrons. The Balaban J connectivity index is 2.17. The highest BCUT2D eigenvalue weighted by molar-refractivity contribution is 5.96. The number of anilines is 1. The fourth-order valence-corrected chi connectivity index (χ4v) is 2.46. The molecule has 0 saturated carbocycles. The molecule has 3 rings (SSSR count). The van der Waals surface area contributed by atoms with Crippen LogP contribution in [0.2, 0.25) is 0 Å². The third kappa shape index (κ3) is 2.14. The van der Waals surface area contributed by atoms with Gasteiger partial charge in [-0.15, -0.1) is 0 Å². The standard InChI is InChI=1S/C16H15NO3/c1-17-15-7-3-6-13(11-4-2-5-12(18)8-11)14(15)9-20-10-16(17)19/h2-8,18H,9-10H2,1H3. The Hall–Kier alpha value is -2.33. The summed E-state index contributed by atoms with van der Waals surface area (Å²) >= 11 is 0. The van der Waals surface area contributed by atoms with E-state index >= 15 is 0 Å². The van der Waals surface area contributed by atoms with Gasteiger partial charge in [0.15, 0.2) is 0 Å². The number of benzene rings is 2. The summed E-state index contributed by atoms with van der Waals surface area (Å²) in [5.41, 5.74) is 3.70. The van der Waals surface area contributed by atoms with E-state index in [-0.39, 0.29) is 18.3 Å². The molecule has 0 unspecified atom stereocenters. The molecule has 0 aliphatic carbocycles. The van der Waals surface area contributed by atoms with Gasteiger partial charge in [0, 0.05) is 18.3 Å². The lowest BCUT2D eigenvalue weighted by Crippen LogP contribution is -2.28. The highest BCUT2D eigenvalue weighted by atomic mass is 16.5. The molecule has 1 N–H and O–H groups in total. The van der Waals surface area contributed by atoms with Gasteiger partial charge in [-0.1, -0.05) is 24.3 Å². The van der Waals surface area contributed by atoms with Gasteiger partial charge in [-0.3, -0.25) is 4.79 Å². The Kier molecular flexibility index (Phi) is 3.16. The summed E-state index contributed by atoms with van der Waals surface area (Å²) in [5, 5.41) is 9.63. The number of amides is 1. The van der Waals surface area contributed by atoms with E-state index in [4.69, 9.17) is 4.74 Å². The smallest absolute Gasteiger partial charge is 0.252 e. The third-order valence-corrected chi connectivity index (χ3v) is 3.52. The van der Waals surface area contributed by atoms with E-state index in [9.17, 15) is 9.90 Å². The maximum atomic E-state index is 11.8. The number of ether oxygens (including phenoxy) is 1. The number of nitrogens with zero attached hydrogens (tertiary/aromatic N) is 1. The Morgan fingerprint density at radius 3 is 2.75 bits per heavy atom. The quantitative estimate of drug-likeness (QED) is 0.865. The van der Waals surface area contributed by atoms with E-state index in [2.05, 4.69) is 0 Å². The van der Waals surface area contributed by atoms with Gasteiger partial charge in [-0.25, -0.2) is 0 Å². The Bertz CT molecular complexity index is 667. The number of aromatic hydroxyl groups is 1. The molecule has 1 heterocycles. The van der Waals surface area contributed by atoms with Crippen molar-refractivity contribution in [1.82, 2.24) is 0 Å². The number of phenolic OH excluding ortho intramolecular Hbond substituents is 1. The van der Waals surface area contributed by atoms with Crippen molar-refractivity contribution in [1.29, 1.82) is 0 Å².